The Morgan fingerprint density at radius 3 is 2.82 bits per heavy atom. The topological polar surface area (TPSA) is 23.8 Å². The van der Waals surface area contributed by atoms with Gasteiger partial charge in [-0.2, -0.15) is 16.6 Å². The Labute approximate surface area is 68.9 Å². The Bertz CT molecular complexity index is 353. The van der Waals surface area contributed by atoms with Crippen molar-refractivity contribution in [3.8, 4) is 17.2 Å². The molecule has 0 radical (unpaired) electrons. The van der Waals surface area contributed by atoms with E-state index in [2.05, 4.69) is 11.4 Å². The van der Waals surface area contributed by atoms with E-state index in [-0.39, 0.29) is 0 Å². The zero-order chi connectivity index (χ0) is 7.68. The van der Waals surface area contributed by atoms with E-state index in [0.717, 1.165) is 16.7 Å². The van der Waals surface area contributed by atoms with Crippen molar-refractivity contribution in [3.05, 3.63) is 34.5 Å². The minimum atomic E-state index is 0.749. The lowest BCUT2D eigenvalue weighted by molar-refractivity contribution is 1.51. The van der Waals surface area contributed by atoms with Crippen molar-refractivity contribution in [1.29, 1.82) is 5.26 Å². The monoisotopic (exact) mass is 159 g/mol. The van der Waals surface area contributed by atoms with Crippen molar-refractivity contribution in [1.82, 2.24) is 0 Å². The largest absolute Gasteiger partial charge is 0.192 e. The fourth-order valence-corrected chi connectivity index (χ4v) is 1.73. The van der Waals surface area contributed by atoms with Crippen LogP contribution in [0, 0.1) is 11.3 Å². The third-order valence-corrected chi connectivity index (χ3v) is 2.29. The van der Waals surface area contributed by atoms with Crippen LogP contribution in [0.5, 0.6) is 0 Å². The summed E-state index contributed by atoms with van der Waals surface area (Å²) in [6.07, 6.45) is 0. The number of fused-ring (bicyclic) bond motifs is 1. The second-order valence-corrected chi connectivity index (χ2v) is 3.10. The molecule has 1 nitrogen and oxygen atoms in total. The number of hydrogen-bond acceptors (Lipinski definition) is 2. The lowest BCUT2D eigenvalue weighted by Crippen LogP contribution is -1.64. The van der Waals surface area contributed by atoms with E-state index in [4.69, 9.17) is 5.26 Å². The standard InChI is InChI=1S/C9H5NS/c10-5-7-3-8-1-2-11-6-9(8)4-7/h1-4,6H. The zero-order valence-corrected chi connectivity index (χ0v) is 6.56. The van der Waals surface area contributed by atoms with Crippen LogP contribution in [0.15, 0.2) is 29.0 Å². The molecular weight excluding hydrogens is 154 g/mol. The Kier molecular flexibility index (Phi) is 1.38. The van der Waals surface area contributed by atoms with Crippen molar-refractivity contribution < 1.29 is 0 Å². The molecule has 52 valence electrons. The number of rotatable bonds is 0. The van der Waals surface area contributed by atoms with Gasteiger partial charge in [0.15, 0.2) is 0 Å². The van der Waals surface area contributed by atoms with E-state index in [1.807, 2.05) is 23.6 Å². The van der Waals surface area contributed by atoms with Crippen molar-refractivity contribution >= 4 is 11.3 Å². The molecule has 0 amide bonds. The molecular formula is C9H5NS. The molecule has 0 aromatic rings. The Morgan fingerprint density at radius 2 is 2.09 bits per heavy atom. The Morgan fingerprint density at radius 1 is 1.27 bits per heavy atom. The predicted molar refractivity (Wildman–Crippen MR) is 45.7 cm³/mol. The maximum atomic E-state index is 8.59. The normalized spacial score (nSPS) is 9.73. The maximum absolute atomic E-state index is 8.59. The molecule has 2 rings (SSSR count). The first-order valence-electron chi connectivity index (χ1n) is 3.26. The SMILES string of the molecule is N#Cc1cc2ccscc-2c1. The Balaban J connectivity index is 2.72. The van der Waals surface area contributed by atoms with Gasteiger partial charge in [0, 0.05) is 0 Å². The molecule has 0 N–H and O–H groups in total. The predicted octanol–water partition coefficient (Wildman–Crippen LogP) is 2.72. The molecule has 1 aliphatic heterocycles. The fourth-order valence-electron chi connectivity index (χ4n) is 1.08. The number of nitriles is 1. The molecule has 0 atom stereocenters. The van der Waals surface area contributed by atoms with Crippen LogP contribution < -0.4 is 0 Å². The summed E-state index contributed by atoms with van der Waals surface area (Å²) in [4.78, 5) is 0. The van der Waals surface area contributed by atoms with Crippen LogP contribution in [0.4, 0.5) is 0 Å². The molecule has 0 saturated carbocycles. The summed E-state index contributed by atoms with van der Waals surface area (Å²) >= 11 is 1.65. The van der Waals surface area contributed by atoms with Crippen molar-refractivity contribution in [3.63, 3.8) is 0 Å². The average Bonchev–Trinajstić information content (AvgIpc) is 2.46. The van der Waals surface area contributed by atoms with Crippen molar-refractivity contribution in [2.75, 3.05) is 0 Å². The molecule has 0 aromatic heterocycles. The van der Waals surface area contributed by atoms with Gasteiger partial charge in [0.05, 0.1) is 11.6 Å². The van der Waals surface area contributed by atoms with Crippen LogP contribution in [0.2, 0.25) is 0 Å². The molecule has 0 aromatic carbocycles. The highest BCUT2D eigenvalue weighted by Crippen LogP contribution is 2.26. The first-order valence-corrected chi connectivity index (χ1v) is 4.20. The second kappa shape index (κ2) is 2.37. The van der Waals surface area contributed by atoms with Gasteiger partial charge in [0.2, 0.25) is 0 Å². The minimum Gasteiger partial charge on any atom is -0.192 e. The summed E-state index contributed by atoms with van der Waals surface area (Å²) in [6.45, 7) is 0. The summed E-state index contributed by atoms with van der Waals surface area (Å²) < 4.78 is 0. The quantitative estimate of drug-likeness (QED) is 0.579. The van der Waals surface area contributed by atoms with Gasteiger partial charge in [-0.15, -0.1) is 0 Å². The van der Waals surface area contributed by atoms with E-state index >= 15 is 0 Å². The molecule has 11 heavy (non-hydrogen) atoms. The molecule has 0 bridgehead atoms. The second-order valence-electron chi connectivity index (χ2n) is 2.32. The lowest BCUT2D eigenvalue weighted by Gasteiger charge is -1.91. The van der Waals surface area contributed by atoms with Gasteiger partial charge >= 0.3 is 0 Å². The summed E-state index contributed by atoms with van der Waals surface area (Å²) in [6, 6.07) is 7.96. The number of hydrogen-bond donors (Lipinski definition) is 0. The van der Waals surface area contributed by atoms with E-state index in [9.17, 15) is 0 Å². The van der Waals surface area contributed by atoms with Crippen molar-refractivity contribution in [2.24, 2.45) is 0 Å². The van der Waals surface area contributed by atoms with Crippen LogP contribution in [0.1, 0.15) is 5.56 Å². The highest BCUT2D eigenvalue weighted by molar-refractivity contribution is 7.07. The minimum absolute atomic E-state index is 0.749. The molecule has 0 unspecified atom stereocenters. The molecule has 1 heterocycles. The zero-order valence-electron chi connectivity index (χ0n) is 5.74. The third-order valence-electron chi connectivity index (χ3n) is 1.61. The molecule has 0 saturated heterocycles. The van der Waals surface area contributed by atoms with Gasteiger partial charge in [0.25, 0.3) is 0 Å². The van der Waals surface area contributed by atoms with Gasteiger partial charge in [-0.05, 0) is 40.1 Å². The smallest absolute Gasteiger partial charge is 0.0992 e. The molecule has 2 heteroatoms. The van der Waals surface area contributed by atoms with Crippen molar-refractivity contribution in [2.45, 2.75) is 0 Å². The van der Waals surface area contributed by atoms with Gasteiger partial charge in [0.1, 0.15) is 0 Å². The highest BCUT2D eigenvalue weighted by Gasteiger charge is 2.03. The molecule has 0 spiro atoms. The van der Waals surface area contributed by atoms with Crippen LogP contribution in [-0.2, 0) is 0 Å². The van der Waals surface area contributed by atoms with Crippen LogP contribution in [0.25, 0.3) is 11.1 Å². The van der Waals surface area contributed by atoms with Gasteiger partial charge in [-0.1, -0.05) is 0 Å². The fraction of sp³-hybridized carbons (Fsp3) is 0. The molecule has 0 fully saturated rings. The first kappa shape index (κ1) is 6.38. The number of nitrogens with zero attached hydrogens (tertiary/aromatic N) is 1. The first-order chi connectivity index (χ1) is 5.40. The van der Waals surface area contributed by atoms with Gasteiger partial charge < -0.3 is 0 Å². The maximum Gasteiger partial charge on any atom is 0.0992 e. The van der Waals surface area contributed by atoms with Crippen LogP contribution >= 0.6 is 11.3 Å². The van der Waals surface area contributed by atoms with Gasteiger partial charge in [-0.3, -0.25) is 0 Å². The van der Waals surface area contributed by atoms with Crippen LogP contribution in [0.3, 0.4) is 0 Å². The summed E-state index contributed by atoms with van der Waals surface area (Å²) in [5, 5.41) is 12.7. The summed E-state index contributed by atoms with van der Waals surface area (Å²) in [5.74, 6) is 0. The van der Waals surface area contributed by atoms with Crippen LogP contribution in [-0.4, -0.2) is 0 Å². The summed E-state index contributed by atoms with van der Waals surface area (Å²) in [7, 11) is 0. The van der Waals surface area contributed by atoms with Gasteiger partial charge in [-0.25, -0.2) is 0 Å². The summed E-state index contributed by atoms with van der Waals surface area (Å²) in [5.41, 5.74) is 3.06. The average molecular weight is 159 g/mol. The molecule has 2 aliphatic rings. The van der Waals surface area contributed by atoms with E-state index < -0.39 is 0 Å². The van der Waals surface area contributed by atoms with E-state index in [1.165, 1.54) is 0 Å². The third kappa shape index (κ3) is 0.997. The lowest BCUT2D eigenvalue weighted by atomic mass is 10.2. The molecule has 1 aliphatic carbocycles. The highest BCUT2D eigenvalue weighted by atomic mass is 32.1. The Hall–Kier alpha value is -1.33. The van der Waals surface area contributed by atoms with E-state index in [1.54, 1.807) is 11.3 Å². The van der Waals surface area contributed by atoms with E-state index in [0.29, 0.717) is 0 Å².